The van der Waals surface area contributed by atoms with Gasteiger partial charge in [0, 0.05) is 40.2 Å². The molecule has 1 aliphatic heterocycles. The van der Waals surface area contributed by atoms with Gasteiger partial charge < -0.3 is 20.4 Å². The number of amides is 2. The van der Waals surface area contributed by atoms with Crippen molar-refractivity contribution in [3.05, 3.63) is 76.9 Å². The zero-order valence-corrected chi connectivity index (χ0v) is 20.5. The summed E-state index contributed by atoms with van der Waals surface area (Å²) in [4.78, 5) is 35.2. The number of aromatic nitrogens is 2. The van der Waals surface area contributed by atoms with Gasteiger partial charge in [-0.05, 0) is 49.2 Å². The minimum Gasteiger partial charge on any atom is -0.465 e. The maximum atomic E-state index is 13.0. The molecule has 3 N–H and O–H groups in total. The van der Waals surface area contributed by atoms with Crippen molar-refractivity contribution >= 4 is 39.2 Å². The van der Waals surface area contributed by atoms with E-state index in [2.05, 4.69) is 15.3 Å². The molecule has 196 valence electrons. The number of anilines is 1. The summed E-state index contributed by atoms with van der Waals surface area (Å²) in [6.45, 7) is 0.429. The Balaban J connectivity index is 1.41. The number of piperidine rings is 1. The molecular weight excluding hydrogens is 521 g/mol. The largest absolute Gasteiger partial charge is 0.465 e. The number of hydrogen-bond acceptors (Lipinski definition) is 6. The summed E-state index contributed by atoms with van der Waals surface area (Å²) < 4.78 is 39.1. The van der Waals surface area contributed by atoms with Gasteiger partial charge in [-0.25, -0.2) is 14.8 Å². The van der Waals surface area contributed by atoms with E-state index in [-0.39, 0.29) is 31.5 Å². The summed E-state index contributed by atoms with van der Waals surface area (Å²) in [5.74, 6) is -0.686. The lowest BCUT2D eigenvalue weighted by atomic mass is 9.89. The summed E-state index contributed by atoms with van der Waals surface area (Å²) in [5, 5.41) is 23.8. The number of alkyl halides is 3. The lowest BCUT2D eigenvalue weighted by Gasteiger charge is -2.36. The molecule has 1 fully saturated rings. The van der Waals surface area contributed by atoms with Gasteiger partial charge in [0.25, 0.3) is 5.91 Å². The maximum absolute atomic E-state index is 13.0. The highest BCUT2D eigenvalue weighted by atomic mass is 32.1. The molecule has 8 nitrogen and oxygen atoms in total. The van der Waals surface area contributed by atoms with Gasteiger partial charge in [0.1, 0.15) is 16.8 Å². The monoisotopic (exact) mass is 542 g/mol. The van der Waals surface area contributed by atoms with E-state index in [0.29, 0.717) is 32.0 Å². The highest BCUT2D eigenvalue weighted by Gasteiger charge is 2.37. The molecule has 2 aromatic heterocycles. The second-order valence-electron chi connectivity index (χ2n) is 8.97. The number of hydrogen-bond donors (Lipinski definition) is 3. The van der Waals surface area contributed by atoms with Gasteiger partial charge >= 0.3 is 12.3 Å². The molecule has 38 heavy (non-hydrogen) atoms. The van der Waals surface area contributed by atoms with Gasteiger partial charge in [-0.15, -0.1) is 11.3 Å². The normalized spacial score (nSPS) is 15.4. The van der Waals surface area contributed by atoms with Crippen LogP contribution in [0.2, 0.25) is 0 Å². The van der Waals surface area contributed by atoms with Crippen LogP contribution in [0.4, 0.5) is 23.7 Å². The van der Waals surface area contributed by atoms with Gasteiger partial charge in [0.15, 0.2) is 0 Å². The van der Waals surface area contributed by atoms with Crippen molar-refractivity contribution in [3.8, 4) is 11.3 Å². The van der Waals surface area contributed by atoms with Crippen LogP contribution in [0.25, 0.3) is 21.5 Å². The summed E-state index contributed by atoms with van der Waals surface area (Å²) in [6.07, 6.45) is -3.67. The highest BCUT2D eigenvalue weighted by Crippen LogP contribution is 2.41. The average Bonchev–Trinajstić information content (AvgIpc) is 3.34. The van der Waals surface area contributed by atoms with Gasteiger partial charge in [0.05, 0.1) is 11.3 Å². The Bertz CT molecular complexity index is 1530. The molecule has 1 saturated heterocycles. The Morgan fingerprint density at radius 2 is 1.76 bits per heavy atom. The van der Waals surface area contributed by atoms with Gasteiger partial charge in [0.2, 0.25) is 0 Å². The number of aliphatic hydroxyl groups is 1. The molecule has 4 aromatic rings. The number of carbonyl (C=O) groups excluding carboxylic acids is 1. The first-order valence-corrected chi connectivity index (χ1v) is 12.4. The van der Waals surface area contributed by atoms with Crippen molar-refractivity contribution in [1.82, 2.24) is 14.9 Å². The van der Waals surface area contributed by atoms with E-state index in [1.807, 2.05) is 0 Å². The number of thiophene rings is 1. The van der Waals surface area contributed by atoms with Crippen LogP contribution in [0.5, 0.6) is 0 Å². The predicted octanol–water partition coefficient (Wildman–Crippen LogP) is 5.59. The smallest absolute Gasteiger partial charge is 0.416 e. The zero-order valence-electron chi connectivity index (χ0n) is 19.7. The van der Waals surface area contributed by atoms with E-state index >= 15 is 0 Å². The summed E-state index contributed by atoms with van der Waals surface area (Å²) in [7, 11) is 0. The minimum absolute atomic E-state index is 0.126. The number of halogens is 3. The number of likely N-dealkylation sites (tertiary alicyclic amines) is 1. The third-order valence-corrected chi connectivity index (χ3v) is 7.73. The first-order valence-electron chi connectivity index (χ1n) is 11.6. The number of nitrogens with zero attached hydrogens (tertiary/aromatic N) is 3. The van der Waals surface area contributed by atoms with Gasteiger partial charge in [-0.2, -0.15) is 13.2 Å². The quantitative estimate of drug-likeness (QED) is 0.310. The molecule has 5 rings (SSSR count). The van der Waals surface area contributed by atoms with Gasteiger partial charge in [-0.1, -0.05) is 18.2 Å². The van der Waals surface area contributed by atoms with Crippen LogP contribution in [0.3, 0.4) is 0 Å². The van der Waals surface area contributed by atoms with Crippen LogP contribution >= 0.6 is 11.3 Å². The van der Waals surface area contributed by atoms with E-state index in [0.717, 1.165) is 12.1 Å². The number of nitrogens with one attached hydrogen (secondary N) is 1. The number of carboxylic acid groups (broad SMARTS) is 1. The van der Waals surface area contributed by atoms with E-state index in [1.54, 1.807) is 30.3 Å². The van der Waals surface area contributed by atoms with E-state index < -0.39 is 29.3 Å². The van der Waals surface area contributed by atoms with Crippen molar-refractivity contribution < 1.29 is 33.0 Å². The topological polar surface area (TPSA) is 116 Å². The standard InChI is InChI=1S/C26H21F3N4O4S/c27-26(28,29)17-5-1-4-16(11-17)22(34)32-18-6-2-3-15(12-18)21-19-13-20(38-23(19)31-14-30-21)25(37)7-9-33(10-8-25)24(35)36/h1-6,11-14,37H,7-10H2,(H,32,34)(H,35,36). The van der Waals surface area contributed by atoms with Crippen LogP contribution < -0.4 is 5.32 Å². The average molecular weight is 543 g/mol. The number of fused-ring (bicyclic) bond motifs is 1. The zero-order chi connectivity index (χ0) is 27.1. The van der Waals surface area contributed by atoms with Crippen molar-refractivity contribution in [2.24, 2.45) is 0 Å². The minimum atomic E-state index is -4.56. The molecule has 0 atom stereocenters. The van der Waals surface area contributed by atoms with Crippen molar-refractivity contribution in [3.63, 3.8) is 0 Å². The summed E-state index contributed by atoms with van der Waals surface area (Å²) in [6, 6.07) is 12.7. The lowest BCUT2D eigenvalue weighted by molar-refractivity contribution is -0.137. The lowest BCUT2D eigenvalue weighted by Crippen LogP contribution is -2.44. The summed E-state index contributed by atoms with van der Waals surface area (Å²) in [5.41, 5.74) is -0.664. The predicted molar refractivity (Wildman–Crippen MR) is 135 cm³/mol. The molecule has 2 aromatic carbocycles. The number of carbonyl (C=O) groups is 2. The van der Waals surface area contributed by atoms with Gasteiger partial charge in [-0.3, -0.25) is 4.79 Å². The molecule has 0 saturated carbocycles. The van der Waals surface area contributed by atoms with E-state index in [4.69, 9.17) is 0 Å². The third kappa shape index (κ3) is 5.04. The second kappa shape index (κ2) is 9.69. The van der Waals surface area contributed by atoms with Crippen LogP contribution in [0, 0.1) is 0 Å². The van der Waals surface area contributed by atoms with E-state index in [9.17, 15) is 33.0 Å². The van der Waals surface area contributed by atoms with Crippen molar-refractivity contribution in [1.29, 1.82) is 0 Å². The molecule has 3 heterocycles. The van der Waals surface area contributed by atoms with Crippen molar-refractivity contribution in [2.75, 3.05) is 18.4 Å². The molecule has 0 bridgehead atoms. The fourth-order valence-corrected chi connectivity index (χ4v) is 5.56. The first-order chi connectivity index (χ1) is 18.0. The Morgan fingerprint density at radius 3 is 2.47 bits per heavy atom. The third-order valence-electron chi connectivity index (χ3n) is 6.50. The fraction of sp³-hybridized carbons (Fsp3) is 0.231. The Kier molecular flexibility index (Phi) is 6.53. The second-order valence-corrected chi connectivity index (χ2v) is 10.00. The Morgan fingerprint density at radius 1 is 1.03 bits per heavy atom. The molecule has 0 radical (unpaired) electrons. The maximum Gasteiger partial charge on any atom is 0.416 e. The van der Waals surface area contributed by atoms with Crippen LogP contribution in [-0.4, -0.2) is 50.2 Å². The first kappa shape index (κ1) is 25.6. The van der Waals surface area contributed by atoms with Crippen molar-refractivity contribution in [2.45, 2.75) is 24.6 Å². The van der Waals surface area contributed by atoms with Crippen LogP contribution in [0.15, 0.2) is 60.9 Å². The number of benzene rings is 2. The Labute approximate surface area is 218 Å². The van der Waals surface area contributed by atoms with Crippen LogP contribution in [-0.2, 0) is 11.8 Å². The molecule has 1 aliphatic rings. The molecule has 0 aliphatic carbocycles. The SMILES string of the molecule is O=C(Nc1cccc(-c2ncnc3sc(C4(O)CCN(C(=O)O)CC4)cc23)c1)c1cccc(C(F)(F)F)c1. The fourth-order valence-electron chi connectivity index (χ4n) is 4.41. The summed E-state index contributed by atoms with van der Waals surface area (Å²) >= 11 is 1.31. The molecule has 12 heteroatoms. The molecule has 0 unspecified atom stereocenters. The highest BCUT2D eigenvalue weighted by molar-refractivity contribution is 7.18. The molecular formula is C26H21F3N4O4S. The number of rotatable bonds is 4. The Hall–Kier alpha value is -4.03. The van der Waals surface area contributed by atoms with E-state index in [1.165, 1.54) is 34.7 Å². The van der Waals surface area contributed by atoms with Crippen LogP contribution in [0.1, 0.15) is 33.6 Å². The molecule has 2 amide bonds. The molecule has 0 spiro atoms.